The molecule has 1 aliphatic heterocycles. The fourth-order valence-electron chi connectivity index (χ4n) is 1.97. The maximum absolute atomic E-state index is 9.68. The molecular formula is C13H20O4S2. The number of phenols is 1. The van der Waals surface area contributed by atoms with Crippen molar-refractivity contribution in [3.63, 3.8) is 0 Å². The molecular weight excluding hydrogens is 284 g/mol. The van der Waals surface area contributed by atoms with Crippen LogP contribution in [-0.2, 0) is 21.0 Å². The van der Waals surface area contributed by atoms with Crippen molar-refractivity contribution in [3.05, 3.63) is 23.3 Å². The summed E-state index contributed by atoms with van der Waals surface area (Å²) in [6.07, 6.45) is 3.36. The highest BCUT2D eigenvalue weighted by Crippen LogP contribution is 2.29. The van der Waals surface area contributed by atoms with Crippen LogP contribution in [0.2, 0.25) is 0 Å². The Kier molecular flexibility index (Phi) is 5.70. The van der Waals surface area contributed by atoms with Gasteiger partial charge in [-0.3, -0.25) is 0 Å². The van der Waals surface area contributed by atoms with Gasteiger partial charge in [-0.15, -0.1) is 0 Å². The van der Waals surface area contributed by atoms with E-state index in [1.54, 1.807) is 0 Å². The monoisotopic (exact) mass is 304 g/mol. The van der Waals surface area contributed by atoms with Gasteiger partial charge in [0.05, 0.1) is 10.1 Å². The summed E-state index contributed by atoms with van der Waals surface area (Å²) in [6, 6.07) is 4.33. The van der Waals surface area contributed by atoms with Crippen molar-refractivity contribution in [2.24, 2.45) is 0 Å². The molecule has 1 aromatic rings. The highest BCUT2D eigenvalue weighted by atomic mass is 32.2. The summed E-state index contributed by atoms with van der Waals surface area (Å²) in [5.74, 6) is 3.17. The SMILES string of the molecule is CS(=O)(=O)[O-].Cc1cc([S+]2CCCC2)cc(C)c1O. The van der Waals surface area contributed by atoms with Gasteiger partial charge in [0, 0.05) is 17.2 Å². The molecule has 1 aromatic carbocycles. The molecule has 19 heavy (non-hydrogen) atoms. The molecule has 0 bridgehead atoms. The van der Waals surface area contributed by atoms with Gasteiger partial charge in [-0.2, -0.15) is 0 Å². The first kappa shape index (κ1) is 16.3. The van der Waals surface area contributed by atoms with Gasteiger partial charge >= 0.3 is 0 Å². The van der Waals surface area contributed by atoms with E-state index in [9.17, 15) is 5.11 Å². The summed E-state index contributed by atoms with van der Waals surface area (Å²) >= 11 is 0. The second-order valence-electron chi connectivity index (χ2n) is 4.72. The van der Waals surface area contributed by atoms with E-state index in [2.05, 4.69) is 12.1 Å². The first-order valence-electron chi connectivity index (χ1n) is 6.07. The molecule has 1 heterocycles. The van der Waals surface area contributed by atoms with Gasteiger partial charge in [-0.25, -0.2) is 8.42 Å². The van der Waals surface area contributed by atoms with Crippen LogP contribution in [0, 0.1) is 13.8 Å². The lowest BCUT2D eigenvalue weighted by molar-refractivity contribution is 0.466. The van der Waals surface area contributed by atoms with E-state index in [0.717, 1.165) is 11.1 Å². The summed E-state index contributed by atoms with van der Waals surface area (Å²) < 4.78 is 27.2. The highest BCUT2D eigenvalue weighted by molar-refractivity contribution is 7.97. The van der Waals surface area contributed by atoms with Gasteiger partial charge in [0.15, 0.2) is 4.90 Å². The van der Waals surface area contributed by atoms with E-state index in [4.69, 9.17) is 13.0 Å². The van der Waals surface area contributed by atoms with Gasteiger partial charge in [-0.1, -0.05) is 0 Å². The Bertz CT molecular complexity index is 501. The summed E-state index contributed by atoms with van der Waals surface area (Å²) in [6.45, 7) is 3.98. The molecule has 0 atom stereocenters. The molecule has 0 radical (unpaired) electrons. The molecule has 108 valence electrons. The zero-order valence-electron chi connectivity index (χ0n) is 11.5. The average molecular weight is 304 g/mol. The van der Waals surface area contributed by atoms with Crippen LogP contribution < -0.4 is 0 Å². The molecule has 1 fully saturated rings. The fraction of sp³-hybridized carbons (Fsp3) is 0.538. The first-order valence-corrected chi connectivity index (χ1v) is 9.45. The van der Waals surface area contributed by atoms with Crippen LogP contribution in [0.25, 0.3) is 0 Å². The Balaban J connectivity index is 0.000000312. The van der Waals surface area contributed by atoms with Crippen molar-refractivity contribution < 1.29 is 18.1 Å². The van der Waals surface area contributed by atoms with E-state index < -0.39 is 10.1 Å². The second-order valence-corrected chi connectivity index (χ2v) is 8.40. The zero-order valence-corrected chi connectivity index (χ0v) is 13.1. The number of rotatable bonds is 1. The first-order chi connectivity index (χ1) is 8.68. The third kappa shape index (κ3) is 5.84. The summed E-state index contributed by atoms with van der Waals surface area (Å²) in [5, 5.41) is 9.68. The molecule has 1 N–H and O–H groups in total. The Morgan fingerprint density at radius 2 is 1.53 bits per heavy atom. The third-order valence-electron chi connectivity index (χ3n) is 2.83. The van der Waals surface area contributed by atoms with Gasteiger partial charge < -0.3 is 9.66 Å². The van der Waals surface area contributed by atoms with Crippen LogP contribution in [-0.4, -0.2) is 35.8 Å². The number of hydrogen-bond donors (Lipinski definition) is 1. The molecule has 6 heteroatoms. The number of hydrogen-bond acceptors (Lipinski definition) is 4. The maximum Gasteiger partial charge on any atom is 0.155 e. The van der Waals surface area contributed by atoms with Crippen molar-refractivity contribution in [1.82, 2.24) is 0 Å². The number of aryl methyl sites for hydroxylation is 2. The minimum Gasteiger partial charge on any atom is -0.748 e. The summed E-state index contributed by atoms with van der Waals surface area (Å²) in [5.41, 5.74) is 2.05. The van der Waals surface area contributed by atoms with Gasteiger partial charge in [0.25, 0.3) is 0 Å². The quantitative estimate of drug-likeness (QED) is 0.635. The van der Waals surface area contributed by atoms with E-state index >= 15 is 0 Å². The fourth-order valence-corrected chi connectivity index (χ4v) is 4.44. The Morgan fingerprint density at radius 3 is 1.89 bits per heavy atom. The standard InChI is InChI=1S/C12H16OS.CH4O3S/c1-9-7-11(8-10(2)12(9)13)14-5-3-4-6-14;1-5(2,3)4/h7-8H,3-6H2,1-2H3;1H3,(H,2,3,4). The minimum absolute atomic E-state index is 0.469. The van der Waals surface area contributed by atoms with Crippen molar-refractivity contribution in [2.45, 2.75) is 31.6 Å². The van der Waals surface area contributed by atoms with E-state index in [1.807, 2.05) is 13.8 Å². The van der Waals surface area contributed by atoms with Crippen LogP contribution in [0.4, 0.5) is 0 Å². The smallest absolute Gasteiger partial charge is 0.155 e. The molecule has 0 aromatic heterocycles. The zero-order chi connectivity index (χ0) is 14.6. The lowest BCUT2D eigenvalue weighted by Crippen LogP contribution is -2.04. The van der Waals surface area contributed by atoms with Crippen LogP contribution >= 0.6 is 0 Å². The van der Waals surface area contributed by atoms with Crippen LogP contribution in [0.1, 0.15) is 24.0 Å². The number of phenolic OH excluding ortho intramolecular Hbond substituents is 1. The van der Waals surface area contributed by atoms with Crippen molar-refractivity contribution in [3.8, 4) is 5.75 Å². The summed E-state index contributed by atoms with van der Waals surface area (Å²) in [4.78, 5) is 1.45. The predicted octanol–water partition coefficient (Wildman–Crippen LogP) is 1.94. The van der Waals surface area contributed by atoms with E-state index in [-0.39, 0.29) is 0 Å². The molecule has 0 unspecified atom stereocenters. The third-order valence-corrected chi connectivity index (χ3v) is 5.29. The highest BCUT2D eigenvalue weighted by Gasteiger charge is 2.27. The predicted molar refractivity (Wildman–Crippen MR) is 77.8 cm³/mol. The molecule has 0 spiro atoms. The lowest BCUT2D eigenvalue weighted by Gasteiger charge is -2.06. The Labute approximate surface area is 118 Å². The van der Waals surface area contributed by atoms with Crippen molar-refractivity contribution in [1.29, 1.82) is 0 Å². The normalized spacial score (nSPS) is 16.0. The second kappa shape index (κ2) is 6.63. The molecule has 1 aliphatic rings. The minimum atomic E-state index is -3.92. The Hall–Kier alpha value is -0.720. The summed E-state index contributed by atoms with van der Waals surface area (Å²) in [7, 11) is -3.45. The van der Waals surface area contributed by atoms with Gasteiger partial charge in [0.1, 0.15) is 17.3 Å². The van der Waals surface area contributed by atoms with Crippen molar-refractivity contribution >= 4 is 21.0 Å². The van der Waals surface area contributed by atoms with Gasteiger partial charge in [0.2, 0.25) is 0 Å². The number of aromatic hydroxyl groups is 1. The van der Waals surface area contributed by atoms with Crippen LogP contribution in [0.3, 0.4) is 0 Å². The van der Waals surface area contributed by atoms with Crippen LogP contribution in [0.15, 0.2) is 17.0 Å². The molecule has 4 nitrogen and oxygen atoms in total. The van der Waals surface area contributed by atoms with E-state index in [0.29, 0.717) is 22.9 Å². The Morgan fingerprint density at radius 1 is 1.16 bits per heavy atom. The number of benzene rings is 1. The van der Waals surface area contributed by atoms with Crippen molar-refractivity contribution in [2.75, 3.05) is 17.8 Å². The maximum atomic E-state index is 9.68. The topological polar surface area (TPSA) is 77.4 Å². The van der Waals surface area contributed by atoms with Gasteiger partial charge in [-0.05, 0) is 49.9 Å². The molecule has 1 saturated heterocycles. The molecule has 0 aliphatic carbocycles. The molecule has 0 amide bonds. The molecule has 2 rings (SSSR count). The van der Waals surface area contributed by atoms with E-state index in [1.165, 1.54) is 29.2 Å². The lowest BCUT2D eigenvalue weighted by atomic mass is 10.1. The largest absolute Gasteiger partial charge is 0.748 e. The van der Waals surface area contributed by atoms with Crippen LogP contribution in [0.5, 0.6) is 5.75 Å². The molecule has 0 saturated carbocycles. The average Bonchev–Trinajstić information content (AvgIpc) is 2.76.